The van der Waals surface area contributed by atoms with Crippen LogP contribution < -0.4 is 10.9 Å². The number of amides is 1. The Hall–Kier alpha value is -2.47. The van der Waals surface area contributed by atoms with Gasteiger partial charge in [-0.3, -0.25) is 9.59 Å². The van der Waals surface area contributed by atoms with E-state index < -0.39 is 0 Å². The summed E-state index contributed by atoms with van der Waals surface area (Å²) in [6.07, 6.45) is 1.74. The lowest BCUT2D eigenvalue weighted by Gasteiger charge is -2.07. The first-order valence-corrected chi connectivity index (χ1v) is 8.48. The Morgan fingerprint density at radius 3 is 2.75 bits per heavy atom. The van der Waals surface area contributed by atoms with Crippen LogP contribution in [-0.4, -0.2) is 10.5 Å². The van der Waals surface area contributed by atoms with Crippen LogP contribution in [0.3, 0.4) is 0 Å². The highest BCUT2D eigenvalue weighted by Crippen LogP contribution is 2.28. The van der Waals surface area contributed by atoms with Gasteiger partial charge in [0.2, 0.25) is 0 Å². The second-order valence-electron chi connectivity index (χ2n) is 5.45. The average Bonchev–Trinajstić information content (AvgIpc) is 2.91. The summed E-state index contributed by atoms with van der Waals surface area (Å²) in [7, 11) is 0. The zero-order valence-corrected chi connectivity index (χ0v) is 14.2. The minimum Gasteiger partial charge on any atom is -0.348 e. The minimum atomic E-state index is -0.363. The smallest absolute Gasteiger partial charge is 0.260 e. The van der Waals surface area contributed by atoms with Crippen LogP contribution in [0.2, 0.25) is 0 Å². The summed E-state index contributed by atoms with van der Waals surface area (Å²) < 4.78 is 16.0. The molecular weight excluding hydrogens is 327 g/mol. The summed E-state index contributed by atoms with van der Waals surface area (Å²) in [4.78, 5) is 25.9. The van der Waals surface area contributed by atoms with Crippen LogP contribution in [0.5, 0.6) is 0 Å². The second kappa shape index (κ2) is 6.57. The maximum absolute atomic E-state index is 13.7. The van der Waals surface area contributed by atoms with Gasteiger partial charge >= 0.3 is 0 Å². The molecule has 0 radical (unpaired) electrons. The van der Waals surface area contributed by atoms with E-state index in [1.54, 1.807) is 29.0 Å². The molecule has 0 aliphatic rings. The van der Waals surface area contributed by atoms with Crippen molar-refractivity contribution >= 4 is 27.3 Å². The molecule has 3 aromatic rings. The van der Waals surface area contributed by atoms with Gasteiger partial charge in [-0.2, -0.15) is 0 Å². The number of aromatic nitrogens is 1. The van der Waals surface area contributed by atoms with Gasteiger partial charge in [-0.1, -0.05) is 18.2 Å². The van der Waals surface area contributed by atoms with Crippen molar-refractivity contribution in [2.45, 2.75) is 26.9 Å². The fourth-order valence-corrected chi connectivity index (χ4v) is 3.74. The molecule has 0 aliphatic carbocycles. The molecule has 0 saturated heterocycles. The number of hydrogen-bond acceptors (Lipinski definition) is 3. The highest BCUT2D eigenvalue weighted by atomic mass is 32.1. The van der Waals surface area contributed by atoms with Crippen LogP contribution in [-0.2, 0) is 13.1 Å². The van der Waals surface area contributed by atoms with Gasteiger partial charge in [-0.25, -0.2) is 4.39 Å². The highest BCUT2D eigenvalue weighted by molar-refractivity contribution is 7.19. The van der Waals surface area contributed by atoms with Crippen molar-refractivity contribution in [1.29, 1.82) is 0 Å². The largest absolute Gasteiger partial charge is 0.348 e. The van der Waals surface area contributed by atoms with Crippen molar-refractivity contribution in [2.75, 3.05) is 0 Å². The number of benzene rings is 1. The van der Waals surface area contributed by atoms with Gasteiger partial charge in [0.05, 0.1) is 10.9 Å². The second-order valence-corrected chi connectivity index (χ2v) is 6.71. The van der Waals surface area contributed by atoms with E-state index in [0.29, 0.717) is 23.1 Å². The van der Waals surface area contributed by atoms with Crippen LogP contribution in [0.1, 0.15) is 27.7 Å². The number of carbonyl (C=O) groups excluding carboxylic acids is 1. The van der Waals surface area contributed by atoms with E-state index in [9.17, 15) is 14.0 Å². The molecule has 0 bridgehead atoms. The Balaban J connectivity index is 1.96. The van der Waals surface area contributed by atoms with E-state index in [4.69, 9.17) is 0 Å². The summed E-state index contributed by atoms with van der Waals surface area (Å²) in [5, 5.41) is 3.16. The molecule has 6 heteroatoms. The van der Waals surface area contributed by atoms with Crippen molar-refractivity contribution in [3.8, 4) is 0 Å². The van der Waals surface area contributed by atoms with E-state index >= 15 is 0 Å². The molecule has 0 fully saturated rings. The number of halogens is 1. The number of hydrogen-bond donors (Lipinski definition) is 1. The standard InChI is InChI=1S/C18H17FN2O2S/c1-3-21-9-8-14-16(18(21)23)15(11(2)24-14)17(22)20-10-12-6-4-5-7-13(12)19/h4-9H,3,10H2,1-2H3,(H,20,22). The van der Waals surface area contributed by atoms with Gasteiger partial charge in [0.25, 0.3) is 11.5 Å². The molecular formula is C18H17FN2O2S. The molecule has 24 heavy (non-hydrogen) atoms. The van der Waals surface area contributed by atoms with Crippen LogP contribution >= 0.6 is 11.3 Å². The van der Waals surface area contributed by atoms with E-state index in [2.05, 4.69) is 5.32 Å². The topological polar surface area (TPSA) is 51.1 Å². The van der Waals surface area contributed by atoms with Crippen molar-refractivity contribution in [3.63, 3.8) is 0 Å². The molecule has 0 saturated carbocycles. The number of pyridine rings is 1. The van der Waals surface area contributed by atoms with Crippen LogP contribution in [0.4, 0.5) is 4.39 Å². The normalized spacial score (nSPS) is 11.0. The summed E-state index contributed by atoms with van der Waals surface area (Å²) in [5.41, 5.74) is 0.628. The maximum atomic E-state index is 13.7. The molecule has 0 unspecified atom stereocenters. The zero-order chi connectivity index (χ0) is 17.3. The number of carbonyl (C=O) groups is 1. The quantitative estimate of drug-likeness (QED) is 0.788. The monoisotopic (exact) mass is 344 g/mol. The predicted octanol–water partition coefficient (Wildman–Crippen LogP) is 3.46. The molecule has 1 aromatic carbocycles. The lowest BCUT2D eigenvalue weighted by molar-refractivity contribution is 0.0952. The third-order valence-electron chi connectivity index (χ3n) is 3.96. The van der Waals surface area contributed by atoms with Crippen molar-refractivity contribution in [1.82, 2.24) is 9.88 Å². The third-order valence-corrected chi connectivity index (χ3v) is 5.03. The van der Waals surface area contributed by atoms with Crippen molar-refractivity contribution in [3.05, 3.63) is 68.7 Å². The number of aryl methyl sites for hydroxylation is 2. The molecule has 4 nitrogen and oxygen atoms in total. The molecule has 2 aromatic heterocycles. The third kappa shape index (κ3) is 2.85. The van der Waals surface area contributed by atoms with Gasteiger partial charge in [-0.15, -0.1) is 11.3 Å². The molecule has 3 rings (SSSR count). The Morgan fingerprint density at radius 1 is 1.29 bits per heavy atom. The van der Waals surface area contributed by atoms with E-state index in [1.807, 2.05) is 19.9 Å². The molecule has 2 heterocycles. The Bertz CT molecular complexity index is 975. The highest BCUT2D eigenvalue weighted by Gasteiger charge is 2.20. The summed E-state index contributed by atoms with van der Waals surface area (Å²) >= 11 is 1.42. The van der Waals surface area contributed by atoms with Gasteiger partial charge in [0.15, 0.2) is 0 Å². The van der Waals surface area contributed by atoms with Crippen molar-refractivity contribution < 1.29 is 9.18 Å². The first kappa shape index (κ1) is 16.4. The first-order valence-electron chi connectivity index (χ1n) is 7.67. The van der Waals surface area contributed by atoms with E-state index in [0.717, 1.165) is 9.58 Å². The van der Waals surface area contributed by atoms with Gasteiger partial charge in [0, 0.05) is 34.4 Å². The van der Waals surface area contributed by atoms with Crippen LogP contribution in [0, 0.1) is 12.7 Å². The molecule has 0 spiro atoms. The number of thiophene rings is 1. The molecule has 0 atom stereocenters. The molecule has 124 valence electrons. The number of nitrogens with zero attached hydrogens (tertiary/aromatic N) is 1. The van der Waals surface area contributed by atoms with E-state index in [1.165, 1.54) is 17.4 Å². The number of rotatable bonds is 4. The predicted molar refractivity (Wildman–Crippen MR) is 94.1 cm³/mol. The zero-order valence-electron chi connectivity index (χ0n) is 13.4. The van der Waals surface area contributed by atoms with Gasteiger partial charge in [0.1, 0.15) is 5.82 Å². The van der Waals surface area contributed by atoms with Crippen LogP contribution in [0.15, 0.2) is 41.3 Å². The SMILES string of the molecule is CCn1ccc2sc(C)c(C(=O)NCc3ccccc3F)c2c1=O. The maximum Gasteiger partial charge on any atom is 0.260 e. The molecule has 1 N–H and O–H groups in total. The summed E-state index contributed by atoms with van der Waals surface area (Å²) in [6, 6.07) is 8.15. The molecule has 1 amide bonds. The van der Waals surface area contributed by atoms with Crippen molar-refractivity contribution in [2.24, 2.45) is 0 Å². The lowest BCUT2D eigenvalue weighted by atomic mass is 10.1. The summed E-state index contributed by atoms with van der Waals surface area (Å²) in [5.74, 6) is -0.717. The number of fused-ring (bicyclic) bond motifs is 1. The minimum absolute atomic E-state index is 0.0804. The van der Waals surface area contributed by atoms with Gasteiger partial charge in [-0.05, 0) is 26.0 Å². The van der Waals surface area contributed by atoms with E-state index in [-0.39, 0.29) is 23.8 Å². The Kier molecular flexibility index (Phi) is 4.49. The summed E-state index contributed by atoms with van der Waals surface area (Å²) in [6.45, 7) is 4.32. The lowest BCUT2D eigenvalue weighted by Crippen LogP contribution is -2.26. The Labute approximate surface area is 142 Å². The Morgan fingerprint density at radius 2 is 2.04 bits per heavy atom. The average molecular weight is 344 g/mol. The number of nitrogens with one attached hydrogen (secondary N) is 1. The van der Waals surface area contributed by atoms with Crippen LogP contribution in [0.25, 0.3) is 10.1 Å². The first-order chi connectivity index (χ1) is 11.5. The fourth-order valence-electron chi connectivity index (χ4n) is 2.69. The molecule has 0 aliphatic heterocycles. The van der Waals surface area contributed by atoms with Gasteiger partial charge < -0.3 is 9.88 Å². The fraction of sp³-hybridized carbons (Fsp3) is 0.222.